The number of hydrogen-bond acceptors (Lipinski definition) is 4. The van der Waals surface area contributed by atoms with Gasteiger partial charge in [0.25, 0.3) is 0 Å². The molecule has 0 spiro atoms. The minimum Gasteiger partial charge on any atom is -0.462 e. The number of carbonyl (C=O) groups is 1. The second-order valence-electron chi connectivity index (χ2n) is 6.01. The van der Waals surface area contributed by atoms with Gasteiger partial charge >= 0.3 is 5.97 Å². The van der Waals surface area contributed by atoms with Gasteiger partial charge in [-0.1, -0.05) is 19.8 Å². The van der Waals surface area contributed by atoms with Gasteiger partial charge in [-0.25, -0.2) is 0 Å². The Morgan fingerprint density at radius 3 is 2.89 bits per heavy atom. The predicted octanol–water partition coefficient (Wildman–Crippen LogP) is 1.86. The van der Waals surface area contributed by atoms with E-state index in [0.29, 0.717) is 19.1 Å². The third kappa shape index (κ3) is 2.69. The summed E-state index contributed by atoms with van der Waals surface area (Å²) in [5.74, 6) is 0.534. The summed E-state index contributed by atoms with van der Waals surface area (Å²) in [6.45, 7) is 4.90. The highest BCUT2D eigenvalue weighted by molar-refractivity contribution is 5.78. The highest BCUT2D eigenvalue weighted by atomic mass is 16.6. The van der Waals surface area contributed by atoms with Crippen LogP contribution in [0, 0.1) is 11.3 Å². The molecular weight excluding hydrogens is 230 g/mol. The zero-order valence-electron chi connectivity index (χ0n) is 11.5. The van der Waals surface area contributed by atoms with E-state index in [0.717, 1.165) is 19.3 Å². The van der Waals surface area contributed by atoms with Gasteiger partial charge < -0.3 is 15.2 Å². The fraction of sp³-hybridized carbons (Fsp3) is 0.929. The molecule has 4 atom stereocenters. The number of esters is 1. The highest BCUT2D eigenvalue weighted by Gasteiger charge is 2.46. The van der Waals surface area contributed by atoms with Crippen molar-refractivity contribution >= 4 is 5.97 Å². The van der Waals surface area contributed by atoms with Crippen molar-refractivity contribution in [1.82, 2.24) is 0 Å². The van der Waals surface area contributed by atoms with Crippen LogP contribution in [0.25, 0.3) is 0 Å². The maximum Gasteiger partial charge on any atom is 0.316 e. The van der Waals surface area contributed by atoms with Gasteiger partial charge in [0.1, 0.15) is 11.5 Å². The van der Waals surface area contributed by atoms with Crippen molar-refractivity contribution < 1.29 is 14.3 Å². The lowest BCUT2D eigenvalue weighted by Gasteiger charge is -2.32. The molecule has 2 N–H and O–H groups in total. The van der Waals surface area contributed by atoms with E-state index in [1.54, 1.807) is 0 Å². The number of hydrogen-bond donors (Lipinski definition) is 1. The smallest absolute Gasteiger partial charge is 0.316 e. The van der Waals surface area contributed by atoms with Crippen molar-refractivity contribution in [3.05, 3.63) is 0 Å². The molecule has 2 rings (SSSR count). The second-order valence-corrected chi connectivity index (χ2v) is 6.01. The molecule has 0 amide bonds. The Kier molecular flexibility index (Phi) is 4.28. The molecule has 1 aliphatic heterocycles. The van der Waals surface area contributed by atoms with Gasteiger partial charge in [-0.3, -0.25) is 4.79 Å². The van der Waals surface area contributed by atoms with Gasteiger partial charge in [0.15, 0.2) is 0 Å². The van der Waals surface area contributed by atoms with E-state index >= 15 is 0 Å². The lowest BCUT2D eigenvalue weighted by Crippen LogP contribution is -2.46. The summed E-state index contributed by atoms with van der Waals surface area (Å²) >= 11 is 0. The maximum absolute atomic E-state index is 12.3. The average Bonchev–Trinajstić information content (AvgIpc) is 2.71. The van der Waals surface area contributed by atoms with E-state index in [1.807, 2.05) is 6.92 Å². The first kappa shape index (κ1) is 13.8. The number of rotatable bonds is 3. The monoisotopic (exact) mass is 255 g/mol. The molecule has 1 saturated heterocycles. The topological polar surface area (TPSA) is 61.5 Å². The molecule has 18 heavy (non-hydrogen) atoms. The zero-order chi connectivity index (χ0) is 13.2. The molecule has 4 unspecified atom stereocenters. The molecule has 4 heteroatoms. The SMILES string of the molecule is CCC1CCCC(OC(=O)C2(C)COCC2N)C1. The van der Waals surface area contributed by atoms with E-state index in [2.05, 4.69) is 6.92 Å². The molecule has 1 aliphatic carbocycles. The quantitative estimate of drug-likeness (QED) is 0.782. The standard InChI is InChI=1S/C14H25NO3/c1-3-10-5-4-6-11(7-10)18-13(16)14(2)9-17-8-12(14)15/h10-12H,3-9,15H2,1-2H3. The summed E-state index contributed by atoms with van der Waals surface area (Å²) < 4.78 is 11.0. The summed E-state index contributed by atoms with van der Waals surface area (Å²) in [4.78, 5) is 12.3. The number of carbonyl (C=O) groups excluding carboxylic acids is 1. The average molecular weight is 255 g/mol. The van der Waals surface area contributed by atoms with Crippen LogP contribution in [0.15, 0.2) is 0 Å². The highest BCUT2D eigenvalue weighted by Crippen LogP contribution is 2.33. The molecule has 2 fully saturated rings. The van der Waals surface area contributed by atoms with E-state index in [4.69, 9.17) is 15.2 Å². The van der Waals surface area contributed by atoms with Crippen molar-refractivity contribution in [3.8, 4) is 0 Å². The fourth-order valence-electron chi connectivity index (χ4n) is 2.90. The number of ether oxygens (including phenoxy) is 2. The van der Waals surface area contributed by atoms with Crippen LogP contribution in [0.2, 0.25) is 0 Å². The molecule has 4 nitrogen and oxygen atoms in total. The lowest BCUT2D eigenvalue weighted by molar-refractivity contribution is -0.163. The normalized spacial score (nSPS) is 40.7. The summed E-state index contributed by atoms with van der Waals surface area (Å²) in [7, 11) is 0. The van der Waals surface area contributed by atoms with Crippen LogP contribution in [0.5, 0.6) is 0 Å². The van der Waals surface area contributed by atoms with Gasteiger partial charge in [-0.2, -0.15) is 0 Å². The minimum absolute atomic E-state index is 0.0841. The summed E-state index contributed by atoms with van der Waals surface area (Å²) in [5.41, 5.74) is 5.29. The summed E-state index contributed by atoms with van der Waals surface area (Å²) in [5, 5.41) is 0. The van der Waals surface area contributed by atoms with Crippen molar-refractivity contribution in [1.29, 1.82) is 0 Å². The van der Waals surface area contributed by atoms with Crippen molar-refractivity contribution in [2.45, 2.75) is 58.1 Å². The van der Waals surface area contributed by atoms with Crippen LogP contribution < -0.4 is 5.73 Å². The molecule has 2 aliphatic rings. The lowest BCUT2D eigenvalue weighted by atomic mass is 9.84. The molecule has 104 valence electrons. The predicted molar refractivity (Wildman–Crippen MR) is 69.0 cm³/mol. The van der Waals surface area contributed by atoms with Crippen molar-refractivity contribution in [2.75, 3.05) is 13.2 Å². The molecule has 0 aromatic rings. The first-order valence-electron chi connectivity index (χ1n) is 7.10. The van der Waals surface area contributed by atoms with Gasteiger partial charge in [0.05, 0.1) is 13.2 Å². The van der Waals surface area contributed by atoms with Crippen molar-refractivity contribution in [2.24, 2.45) is 17.1 Å². The molecule has 0 aromatic heterocycles. The Balaban J connectivity index is 1.91. The third-order valence-corrected chi connectivity index (χ3v) is 4.57. The van der Waals surface area contributed by atoms with Gasteiger partial charge in [0.2, 0.25) is 0 Å². The second kappa shape index (κ2) is 5.57. The van der Waals surface area contributed by atoms with Crippen LogP contribution in [0.3, 0.4) is 0 Å². The van der Waals surface area contributed by atoms with Crippen molar-refractivity contribution in [3.63, 3.8) is 0 Å². The molecule has 1 saturated carbocycles. The Morgan fingerprint density at radius 2 is 2.28 bits per heavy atom. The van der Waals surface area contributed by atoms with Gasteiger partial charge in [0, 0.05) is 6.04 Å². The molecule has 0 bridgehead atoms. The van der Waals surface area contributed by atoms with Gasteiger partial charge in [-0.05, 0) is 32.1 Å². The summed E-state index contributed by atoms with van der Waals surface area (Å²) in [6, 6.07) is -0.240. The third-order valence-electron chi connectivity index (χ3n) is 4.57. The van der Waals surface area contributed by atoms with Crippen LogP contribution in [0.4, 0.5) is 0 Å². The largest absolute Gasteiger partial charge is 0.462 e. The summed E-state index contributed by atoms with van der Waals surface area (Å²) in [6.07, 6.45) is 5.69. The van der Waals surface area contributed by atoms with Crippen LogP contribution in [-0.4, -0.2) is 31.3 Å². The maximum atomic E-state index is 12.3. The Morgan fingerprint density at radius 1 is 1.50 bits per heavy atom. The Labute approximate surface area is 109 Å². The zero-order valence-corrected chi connectivity index (χ0v) is 11.5. The first-order valence-corrected chi connectivity index (χ1v) is 7.10. The Hall–Kier alpha value is -0.610. The van der Waals surface area contributed by atoms with E-state index in [9.17, 15) is 4.79 Å². The van der Waals surface area contributed by atoms with E-state index < -0.39 is 5.41 Å². The van der Waals surface area contributed by atoms with E-state index in [1.165, 1.54) is 12.8 Å². The van der Waals surface area contributed by atoms with Gasteiger partial charge in [-0.15, -0.1) is 0 Å². The molecule has 0 radical (unpaired) electrons. The van der Waals surface area contributed by atoms with Crippen LogP contribution >= 0.6 is 0 Å². The minimum atomic E-state index is -0.654. The first-order chi connectivity index (χ1) is 8.56. The van der Waals surface area contributed by atoms with Crippen LogP contribution in [-0.2, 0) is 14.3 Å². The number of nitrogens with two attached hydrogens (primary N) is 1. The molecular formula is C14H25NO3. The fourth-order valence-corrected chi connectivity index (χ4v) is 2.90. The Bertz CT molecular complexity index is 307. The van der Waals surface area contributed by atoms with E-state index in [-0.39, 0.29) is 18.1 Å². The molecule has 0 aromatic carbocycles. The molecule has 1 heterocycles. The van der Waals surface area contributed by atoms with Crippen LogP contribution in [0.1, 0.15) is 46.0 Å².